The molecule has 0 unspecified atom stereocenters. The second kappa shape index (κ2) is 3.97. The topological polar surface area (TPSA) is 59.1 Å². The number of alkyl halides is 2. The molecule has 0 aliphatic carbocycles. The summed E-state index contributed by atoms with van der Waals surface area (Å²) in [5.74, 6) is -0.305. The van der Waals surface area contributed by atoms with Gasteiger partial charge in [-0.1, -0.05) is 0 Å². The van der Waals surface area contributed by atoms with E-state index in [0.717, 1.165) is 6.07 Å². The molecule has 13 heavy (non-hydrogen) atoms. The van der Waals surface area contributed by atoms with Crippen LogP contribution in [0.2, 0.25) is 0 Å². The summed E-state index contributed by atoms with van der Waals surface area (Å²) in [6.45, 7) is 0.00789. The largest absolute Gasteiger partial charge is 0.506 e. The Morgan fingerprint density at radius 3 is 2.69 bits per heavy atom. The third kappa shape index (κ3) is 2.13. The van der Waals surface area contributed by atoms with E-state index in [4.69, 9.17) is 10.8 Å². The Kier molecular flexibility index (Phi) is 3.16. The zero-order chi connectivity index (χ0) is 10.0. The van der Waals surface area contributed by atoms with E-state index >= 15 is 0 Å². The van der Waals surface area contributed by atoms with Crippen LogP contribution in [-0.4, -0.2) is 10.1 Å². The van der Waals surface area contributed by atoms with Gasteiger partial charge in [0.1, 0.15) is 10.4 Å². The molecule has 0 fully saturated rings. The highest BCUT2D eigenvalue weighted by molar-refractivity contribution is 9.10. The van der Waals surface area contributed by atoms with Crippen molar-refractivity contribution in [3.05, 3.63) is 21.9 Å². The number of nitrogens with zero attached hydrogens (tertiary/aromatic N) is 1. The van der Waals surface area contributed by atoms with Crippen molar-refractivity contribution in [2.75, 3.05) is 0 Å². The summed E-state index contributed by atoms with van der Waals surface area (Å²) in [5.41, 5.74) is 5.07. The van der Waals surface area contributed by atoms with Crippen molar-refractivity contribution in [1.82, 2.24) is 4.98 Å². The average Bonchev–Trinajstić information content (AvgIpc) is 2.07. The Hall–Kier alpha value is -0.750. The molecule has 1 aromatic heterocycles. The van der Waals surface area contributed by atoms with Crippen LogP contribution in [0, 0.1) is 0 Å². The lowest BCUT2D eigenvalue weighted by Crippen LogP contribution is -2.02. The van der Waals surface area contributed by atoms with Gasteiger partial charge in [0.25, 0.3) is 6.43 Å². The number of hydrogen-bond acceptors (Lipinski definition) is 3. The van der Waals surface area contributed by atoms with Crippen LogP contribution < -0.4 is 5.73 Å². The van der Waals surface area contributed by atoms with Crippen molar-refractivity contribution in [2.24, 2.45) is 5.73 Å². The number of rotatable bonds is 2. The van der Waals surface area contributed by atoms with Gasteiger partial charge < -0.3 is 10.8 Å². The van der Waals surface area contributed by atoms with Crippen molar-refractivity contribution in [3.63, 3.8) is 0 Å². The second-order valence-corrected chi connectivity index (χ2v) is 3.09. The average molecular weight is 253 g/mol. The summed E-state index contributed by atoms with van der Waals surface area (Å²) < 4.78 is 24.5. The molecule has 0 bridgehead atoms. The first-order valence-electron chi connectivity index (χ1n) is 3.42. The van der Waals surface area contributed by atoms with Gasteiger partial charge in [-0.15, -0.1) is 0 Å². The van der Waals surface area contributed by atoms with Crippen LogP contribution in [0.4, 0.5) is 8.78 Å². The van der Waals surface area contributed by atoms with Crippen molar-refractivity contribution in [2.45, 2.75) is 13.0 Å². The fourth-order valence-corrected chi connectivity index (χ4v) is 1.34. The highest BCUT2D eigenvalue weighted by Gasteiger charge is 2.15. The van der Waals surface area contributed by atoms with Gasteiger partial charge in [0, 0.05) is 6.54 Å². The minimum atomic E-state index is -2.67. The molecule has 0 aromatic carbocycles. The number of aromatic nitrogens is 1. The molecule has 0 saturated heterocycles. The molecule has 0 amide bonds. The second-order valence-electron chi connectivity index (χ2n) is 2.34. The number of pyridine rings is 1. The zero-order valence-electron chi connectivity index (χ0n) is 6.47. The van der Waals surface area contributed by atoms with E-state index in [-0.39, 0.29) is 28.2 Å². The van der Waals surface area contributed by atoms with Crippen LogP contribution in [0.5, 0.6) is 5.75 Å². The summed E-state index contributed by atoms with van der Waals surface area (Å²) in [7, 11) is 0. The molecular formula is C7H7BrF2N2O. The first-order valence-corrected chi connectivity index (χ1v) is 4.22. The summed E-state index contributed by atoms with van der Waals surface area (Å²) in [4.78, 5) is 3.67. The van der Waals surface area contributed by atoms with Gasteiger partial charge >= 0.3 is 0 Å². The number of nitrogens with two attached hydrogens (primary N) is 1. The molecule has 6 heteroatoms. The molecule has 72 valence electrons. The Bertz CT molecular complexity index is 320. The molecule has 0 saturated carbocycles. The summed E-state index contributed by atoms with van der Waals surface area (Å²) in [6, 6.07) is 0.962. The molecule has 0 aliphatic heterocycles. The van der Waals surface area contributed by atoms with E-state index in [1.165, 1.54) is 0 Å². The number of halogens is 3. The molecule has 0 atom stereocenters. The molecule has 1 rings (SSSR count). The van der Waals surface area contributed by atoms with Crippen LogP contribution in [0.15, 0.2) is 10.7 Å². The third-order valence-corrected chi connectivity index (χ3v) is 2.12. The highest BCUT2D eigenvalue weighted by atomic mass is 79.9. The van der Waals surface area contributed by atoms with Gasteiger partial charge in [0.05, 0.1) is 11.3 Å². The predicted molar refractivity (Wildman–Crippen MR) is 46.5 cm³/mol. The maximum Gasteiger partial charge on any atom is 0.266 e. The highest BCUT2D eigenvalue weighted by Crippen LogP contribution is 2.30. The minimum absolute atomic E-state index is 0.00789. The molecule has 3 N–H and O–H groups in total. The van der Waals surface area contributed by atoms with Gasteiger partial charge in [0.2, 0.25) is 0 Å². The molecular weight excluding hydrogens is 246 g/mol. The monoisotopic (exact) mass is 252 g/mol. The number of aromatic hydroxyl groups is 1. The van der Waals surface area contributed by atoms with E-state index in [1.54, 1.807) is 0 Å². The normalized spacial score (nSPS) is 10.8. The standard InChI is InChI=1S/C7H7BrF2N2O/c8-6-3(7(9)10)1-5(13)4(2-11)12-6/h1,7,13H,2,11H2. The summed E-state index contributed by atoms with van der Waals surface area (Å²) >= 11 is 2.86. The summed E-state index contributed by atoms with van der Waals surface area (Å²) in [5, 5.41) is 9.17. The van der Waals surface area contributed by atoms with Crippen molar-refractivity contribution in [3.8, 4) is 5.75 Å². The molecule has 1 aromatic rings. The van der Waals surface area contributed by atoms with Gasteiger partial charge in [-0.25, -0.2) is 13.8 Å². The lowest BCUT2D eigenvalue weighted by Gasteiger charge is -2.06. The van der Waals surface area contributed by atoms with Crippen LogP contribution >= 0.6 is 15.9 Å². The zero-order valence-corrected chi connectivity index (χ0v) is 8.05. The molecule has 0 aliphatic rings. The fourth-order valence-electron chi connectivity index (χ4n) is 0.834. The van der Waals surface area contributed by atoms with Crippen LogP contribution in [-0.2, 0) is 6.54 Å². The quantitative estimate of drug-likeness (QED) is 0.792. The maximum absolute atomic E-state index is 12.2. The van der Waals surface area contributed by atoms with Crippen LogP contribution in [0.25, 0.3) is 0 Å². The van der Waals surface area contributed by atoms with Gasteiger partial charge in [-0.05, 0) is 22.0 Å². The lowest BCUT2D eigenvalue weighted by atomic mass is 10.2. The molecule has 3 nitrogen and oxygen atoms in total. The van der Waals surface area contributed by atoms with E-state index in [9.17, 15) is 8.78 Å². The van der Waals surface area contributed by atoms with Crippen LogP contribution in [0.1, 0.15) is 17.7 Å². The Labute approximate surface area is 81.7 Å². The minimum Gasteiger partial charge on any atom is -0.506 e. The van der Waals surface area contributed by atoms with E-state index in [2.05, 4.69) is 20.9 Å². The predicted octanol–water partition coefficient (Wildman–Crippen LogP) is 1.95. The van der Waals surface area contributed by atoms with Gasteiger partial charge in [-0.2, -0.15) is 0 Å². The van der Waals surface area contributed by atoms with E-state index < -0.39 is 6.43 Å². The van der Waals surface area contributed by atoms with Crippen molar-refractivity contribution in [1.29, 1.82) is 0 Å². The molecule has 1 heterocycles. The lowest BCUT2D eigenvalue weighted by molar-refractivity contribution is 0.149. The SMILES string of the molecule is NCc1nc(Br)c(C(F)F)cc1O. The first-order chi connectivity index (χ1) is 6.06. The number of hydrogen-bond donors (Lipinski definition) is 2. The van der Waals surface area contributed by atoms with Crippen LogP contribution in [0.3, 0.4) is 0 Å². The third-order valence-electron chi connectivity index (χ3n) is 1.49. The van der Waals surface area contributed by atoms with E-state index in [1.807, 2.05) is 0 Å². The summed E-state index contributed by atoms with van der Waals surface area (Å²) in [6.07, 6.45) is -2.67. The molecule has 0 radical (unpaired) electrons. The maximum atomic E-state index is 12.2. The molecule has 0 spiro atoms. The first kappa shape index (κ1) is 10.3. The van der Waals surface area contributed by atoms with Gasteiger partial charge in [-0.3, -0.25) is 0 Å². The smallest absolute Gasteiger partial charge is 0.266 e. The fraction of sp³-hybridized carbons (Fsp3) is 0.286. The Balaban J connectivity index is 3.20. The van der Waals surface area contributed by atoms with Crippen molar-refractivity contribution >= 4 is 15.9 Å². The van der Waals surface area contributed by atoms with Gasteiger partial charge in [0.15, 0.2) is 0 Å². The van der Waals surface area contributed by atoms with E-state index in [0.29, 0.717) is 0 Å². The Morgan fingerprint density at radius 1 is 1.62 bits per heavy atom. The Morgan fingerprint density at radius 2 is 2.23 bits per heavy atom. The van der Waals surface area contributed by atoms with Crippen molar-refractivity contribution < 1.29 is 13.9 Å².